The molecular formula is C9H14FLiN3O13P3. The molecule has 1 aromatic heterocycles. The molecule has 2 rings (SSSR count). The summed E-state index contributed by atoms with van der Waals surface area (Å²) in [5, 5.41) is 9.82. The predicted molar refractivity (Wildman–Crippen MR) is 85.3 cm³/mol. The first-order valence-corrected chi connectivity index (χ1v) is 11.7. The quantitative estimate of drug-likeness (QED) is 0.169. The number of nitrogen functional groups attached to an aromatic ring is 1. The molecule has 6 N–H and O–H groups in total. The van der Waals surface area contributed by atoms with E-state index < -0.39 is 60.4 Å². The molecule has 1 aliphatic rings. The maximum absolute atomic E-state index is 14.3. The molecule has 1 aromatic rings. The van der Waals surface area contributed by atoms with Crippen molar-refractivity contribution >= 4 is 29.3 Å². The van der Waals surface area contributed by atoms with Crippen molar-refractivity contribution in [3.63, 3.8) is 0 Å². The minimum absolute atomic E-state index is 0. The van der Waals surface area contributed by atoms with Crippen molar-refractivity contribution in [3.05, 3.63) is 22.7 Å². The molecule has 0 saturated carbocycles. The number of hydrogen-bond acceptors (Lipinski definition) is 12. The zero-order valence-electron chi connectivity index (χ0n) is 14.8. The maximum atomic E-state index is 14.3. The summed E-state index contributed by atoms with van der Waals surface area (Å²) in [5.41, 5.74) is 4.27. The molecule has 166 valence electrons. The van der Waals surface area contributed by atoms with Gasteiger partial charge in [0.05, 0.1) is 6.61 Å². The number of rotatable bonds is 8. The van der Waals surface area contributed by atoms with Gasteiger partial charge in [0.2, 0.25) is 0 Å². The van der Waals surface area contributed by atoms with Crippen molar-refractivity contribution < 1.29 is 79.5 Å². The second kappa shape index (κ2) is 9.99. The third-order valence-electron chi connectivity index (χ3n) is 3.23. The van der Waals surface area contributed by atoms with Crippen LogP contribution in [0.3, 0.4) is 0 Å². The van der Waals surface area contributed by atoms with Crippen LogP contribution in [0.5, 0.6) is 0 Å². The molecule has 1 aliphatic heterocycles. The van der Waals surface area contributed by atoms with Gasteiger partial charge in [0.25, 0.3) is 7.82 Å². The number of alkyl halides is 1. The summed E-state index contributed by atoms with van der Waals surface area (Å²) in [7, 11) is -17.1. The molecule has 1 fully saturated rings. The molecule has 30 heavy (non-hydrogen) atoms. The average molecular weight is 491 g/mol. The first-order valence-electron chi connectivity index (χ1n) is 7.19. The molecule has 7 atom stereocenters. The number of aliphatic hydroxyl groups is 1. The van der Waals surface area contributed by atoms with E-state index in [1.807, 2.05) is 0 Å². The molecule has 0 spiro atoms. The molecule has 0 bridgehead atoms. The van der Waals surface area contributed by atoms with Crippen molar-refractivity contribution in [2.45, 2.75) is 24.6 Å². The SMILES string of the molecule is Nc1ccn([C@@H]2O[C@H](COP(=O)(O)OP(=O)(O)OP(=O)([O-])O)[C@@H](O)[C@H]2F)c(=O)n1.[Li+]. The number of halogens is 1. The van der Waals surface area contributed by atoms with Crippen LogP contribution in [0.1, 0.15) is 6.23 Å². The van der Waals surface area contributed by atoms with Crippen LogP contribution < -0.4 is 35.2 Å². The molecule has 0 radical (unpaired) electrons. The first kappa shape index (κ1) is 27.6. The number of phosphoric ester groups is 1. The Labute approximate surface area is 178 Å². The second-order valence-corrected chi connectivity index (χ2v) is 9.78. The number of nitrogens with two attached hydrogens (primary N) is 1. The van der Waals surface area contributed by atoms with Crippen LogP contribution in [0.15, 0.2) is 17.1 Å². The van der Waals surface area contributed by atoms with Gasteiger partial charge in [0.15, 0.2) is 12.4 Å². The summed E-state index contributed by atoms with van der Waals surface area (Å²) < 4.78 is 64.3. The molecule has 1 saturated heterocycles. The molecule has 0 amide bonds. The molecule has 2 heterocycles. The van der Waals surface area contributed by atoms with Gasteiger partial charge >= 0.3 is 40.2 Å². The van der Waals surface area contributed by atoms with Crippen LogP contribution in [0.4, 0.5) is 10.2 Å². The molecule has 3 unspecified atom stereocenters. The largest absolute Gasteiger partial charge is 1.00 e. The monoisotopic (exact) mass is 491 g/mol. The van der Waals surface area contributed by atoms with Gasteiger partial charge in [0, 0.05) is 6.20 Å². The van der Waals surface area contributed by atoms with Gasteiger partial charge in [0.1, 0.15) is 18.0 Å². The molecular weight excluding hydrogens is 477 g/mol. The van der Waals surface area contributed by atoms with Gasteiger partial charge in [-0.2, -0.15) is 9.29 Å². The van der Waals surface area contributed by atoms with Gasteiger partial charge in [-0.3, -0.25) is 13.7 Å². The van der Waals surface area contributed by atoms with Crippen LogP contribution in [0.25, 0.3) is 0 Å². The van der Waals surface area contributed by atoms with Gasteiger partial charge in [-0.25, -0.2) is 22.6 Å². The van der Waals surface area contributed by atoms with Crippen LogP contribution in [-0.2, 0) is 31.6 Å². The summed E-state index contributed by atoms with van der Waals surface area (Å²) in [6.07, 6.45) is -6.58. The van der Waals surface area contributed by atoms with Crippen LogP contribution in [0, 0.1) is 0 Å². The average Bonchev–Trinajstić information content (AvgIpc) is 2.78. The maximum Gasteiger partial charge on any atom is 1.00 e. The number of aliphatic hydroxyl groups excluding tert-OH is 1. The summed E-state index contributed by atoms with van der Waals surface area (Å²) in [5.74, 6) is -0.167. The van der Waals surface area contributed by atoms with E-state index in [9.17, 15) is 37.8 Å². The number of phosphoric acid groups is 3. The van der Waals surface area contributed by atoms with Crippen LogP contribution >= 0.6 is 23.5 Å². The number of hydrogen-bond donors (Lipinski definition) is 5. The Morgan fingerprint density at radius 2 is 1.87 bits per heavy atom. The van der Waals surface area contributed by atoms with Gasteiger partial charge in [-0.05, 0) is 6.07 Å². The zero-order valence-corrected chi connectivity index (χ0v) is 17.5. The van der Waals surface area contributed by atoms with Crippen molar-refractivity contribution in [1.82, 2.24) is 9.55 Å². The summed E-state index contributed by atoms with van der Waals surface area (Å²) >= 11 is 0. The number of anilines is 1. The van der Waals surface area contributed by atoms with Crippen molar-refractivity contribution in [2.24, 2.45) is 0 Å². The summed E-state index contributed by atoms with van der Waals surface area (Å²) in [6, 6.07) is 1.14. The topological polar surface area (TPSA) is 253 Å². The normalized spacial score (nSPS) is 29.9. The first-order chi connectivity index (χ1) is 13.1. The molecule has 16 nitrogen and oxygen atoms in total. The Balaban J connectivity index is 0.00000450. The Morgan fingerprint density at radius 1 is 1.27 bits per heavy atom. The van der Waals surface area contributed by atoms with Crippen molar-refractivity contribution in [3.8, 4) is 0 Å². The minimum atomic E-state index is -5.82. The number of ether oxygens (including phenoxy) is 1. The van der Waals surface area contributed by atoms with E-state index in [1.54, 1.807) is 0 Å². The van der Waals surface area contributed by atoms with E-state index >= 15 is 0 Å². The van der Waals surface area contributed by atoms with Gasteiger partial charge in [-0.1, -0.05) is 0 Å². The molecule has 0 aromatic carbocycles. The van der Waals surface area contributed by atoms with E-state index in [1.165, 1.54) is 0 Å². The Bertz CT molecular complexity index is 957. The zero-order chi connectivity index (χ0) is 22.2. The van der Waals surface area contributed by atoms with Gasteiger partial charge in [-0.15, -0.1) is 0 Å². The minimum Gasteiger partial charge on any atom is -0.756 e. The van der Waals surface area contributed by atoms with Gasteiger partial charge < -0.3 is 35.2 Å². The summed E-state index contributed by atoms with van der Waals surface area (Å²) in [6.45, 7) is -1.11. The van der Waals surface area contributed by atoms with E-state index in [-0.39, 0.29) is 24.7 Å². The molecule has 0 aliphatic carbocycles. The number of nitrogens with zero attached hydrogens (tertiary/aromatic N) is 2. The Kier molecular flexibility index (Phi) is 9.18. The van der Waals surface area contributed by atoms with Crippen molar-refractivity contribution in [1.29, 1.82) is 0 Å². The predicted octanol–water partition coefficient (Wildman–Crippen LogP) is -4.86. The second-order valence-electron chi connectivity index (χ2n) is 5.41. The van der Waals surface area contributed by atoms with E-state index in [2.05, 4.69) is 18.1 Å². The standard InChI is InChI=1S/C9H15FN3O13P3.Li/c10-6-7(14)4(24-8(6)13-2-1-5(11)12-9(13)15)3-23-28(19,20)26-29(21,22)25-27(16,17)18;/h1-2,4,6-8,14H,3H2,(H,19,20)(H,21,22)(H2,11,12,15)(H2,16,17,18);/q;+1/p-1/t4-,6-,7-,8-;/m1./s1. The molecule has 21 heteroatoms. The fourth-order valence-corrected chi connectivity index (χ4v) is 5.15. The number of aromatic nitrogens is 2. The van der Waals surface area contributed by atoms with E-state index in [0.717, 1.165) is 12.3 Å². The van der Waals surface area contributed by atoms with Crippen LogP contribution in [0.2, 0.25) is 0 Å². The summed E-state index contributed by atoms with van der Waals surface area (Å²) in [4.78, 5) is 52.1. The fourth-order valence-electron chi connectivity index (χ4n) is 2.15. The van der Waals surface area contributed by atoms with Crippen LogP contribution in [-0.4, -0.2) is 54.3 Å². The smallest absolute Gasteiger partial charge is 0.756 e. The Morgan fingerprint density at radius 3 is 2.40 bits per heavy atom. The van der Waals surface area contributed by atoms with Crippen molar-refractivity contribution in [2.75, 3.05) is 12.3 Å². The fraction of sp³-hybridized carbons (Fsp3) is 0.556. The van der Waals surface area contributed by atoms with E-state index in [4.69, 9.17) is 20.3 Å². The Hall–Kier alpha value is -0.463. The third kappa shape index (κ3) is 7.59. The third-order valence-corrected chi connectivity index (χ3v) is 7.01. The van der Waals surface area contributed by atoms with E-state index in [0.29, 0.717) is 4.57 Å².